The van der Waals surface area contributed by atoms with Gasteiger partial charge in [0, 0.05) is 57.6 Å². The molecule has 1 aromatic rings. The van der Waals surface area contributed by atoms with Gasteiger partial charge in [-0.3, -0.25) is 14.5 Å². The van der Waals surface area contributed by atoms with Crippen LogP contribution in [-0.4, -0.2) is 88.3 Å². The maximum absolute atomic E-state index is 13.4. The van der Waals surface area contributed by atoms with E-state index in [0.29, 0.717) is 37.6 Å². The normalized spacial score (nSPS) is 25.0. The number of likely N-dealkylation sites (tertiary alicyclic amines) is 2. The Morgan fingerprint density at radius 1 is 1.06 bits per heavy atom. The molecule has 3 saturated heterocycles. The summed E-state index contributed by atoms with van der Waals surface area (Å²) in [6, 6.07) is 10.4. The van der Waals surface area contributed by atoms with Gasteiger partial charge >= 0.3 is 6.03 Å². The van der Waals surface area contributed by atoms with Crippen LogP contribution in [0.3, 0.4) is 0 Å². The fourth-order valence-corrected chi connectivity index (χ4v) is 6.54. The van der Waals surface area contributed by atoms with Crippen LogP contribution in [-0.2, 0) is 9.59 Å². The highest BCUT2D eigenvalue weighted by atomic mass is 16.2. The molecule has 4 amide bonds. The zero-order chi connectivity index (χ0) is 26.3. The molecule has 0 radical (unpaired) electrons. The first-order valence-electron chi connectivity index (χ1n) is 13.7. The highest BCUT2D eigenvalue weighted by molar-refractivity contribution is 6.07. The van der Waals surface area contributed by atoms with Crippen LogP contribution in [0.25, 0.3) is 0 Å². The number of benzene rings is 1. The van der Waals surface area contributed by atoms with Crippen LogP contribution in [0.15, 0.2) is 30.3 Å². The van der Waals surface area contributed by atoms with E-state index < -0.39 is 5.54 Å². The Kier molecular flexibility index (Phi) is 7.52. The first-order valence-corrected chi connectivity index (χ1v) is 13.7. The molecule has 7 nitrogen and oxygen atoms in total. The number of rotatable bonds is 6. The number of nitrogens with zero attached hydrogens (tertiary/aromatic N) is 4. The van der Waals surface area contributed by atoms with Crippen molar-refractivity contribution in [2.45, 2.75) is 78.3 Å². The Labute approximate surface area is 216 Å². The number of hydrogen-bond donors (Lipinski definition) is 0. The van der Waals surface area contributed by atoms with E-state index in [2.05, 4.69) is 54.8 Å². The maximum atomic E-state index is 13.4. The van der Waals surface area contributed by atoms with Crippen molar-refractivity contribution in [2.75, 3.05) is 39.3 Å². The van der Waals surface area contributed by atoms with E-state index in [1.807, 2.05) is 31.7 Å². The summed E-state index contributed by atoms with van der Waals surface area (Å²) in [4.78, 5) is 47.3. The summed E-state index contributed by atoms with van der Waals surface area (Å²) in [5.74, 6) is 0.874. The van der Waals surface area contributed by atoms with Gasteiger partial charge in [-0.2, -0.15) is 0 Å². The lowest BCUT2D eigenvalue weighted by Gasteiger charge is -2.44. The molecule has 198 valence electrons. The fourth-order valence-electron chi connectivity index (χ4n) is 6.54. The van der Waals surface area contributed by atoms with Crippen molar-refractivity contribution in [3.8, 4) is 0 Å². The standard InChI is InChI=1S/C29H44N4O3/c1-7-32-26(35)29(33(21(2)3)27(32)36)13-15-30(16-14-29)18-23-19-31(25(34)17-28(4,5)6)20-24(23)22-11-9-8-10-12-22/h8-12,21,23-24H,7,13-20H2,1-6H3. The number of likely N-dealkylation sites (N-methyl/N-ethyl adjacent to an activating group) is 1. The lowest BCUT2D eigenvalue weighted by molar-refractivity contribution is -0.136. The van der Waals surface area contributed by atoms with Crippen molar-refractivity contribution in [3.63, 3.8) is 0 Å². The number of urea groups is 1. The zero-order valence-corrected chi connectivity index (χ0v) is 23.0. The molecule has 36 heavy (non-hydrogen) atoms. The number of carbonyl (C=O) groups excluding carboxylic acids is 3. The molecule has 0 aliphatic carbocycles. The third-order valence-electron chi connectivity index (χ3n) is 8.25. The van der Waals surface area contributed by atoms with Gasteiger partial charge in [0.2, 0.25) is 5.91 Å². The van der Waals surface area contributed by atoms with Gasteiger partial charge in [0.15, 0.2) is 0 Å². The van der Waals surface area contributed by atoms with Gasteiger partial charge in [-0.25, -0.2) is 4.79 Å². The SMILES string of the molecule is CCN1C(=O)N(C(C)C)C2(CCN(CC3CN(C(=O)CC(C)(C)C)CC3c3ccccc3)CC2)C1=O. The van der Waals surface area contributed by atoms with Crippen molar-refractivity contribution in [1.82, 2.24) is 19.6 Å². The van der Waals surface area contributed by atoms with Crippen LogP contribution in [0.1, 0.15) is 72.3 Å². The second-order valence-corrected chi connectivity index (χ2v) is 12.4. The smallest absolute Gasteiger partial charge is 0.327 e. The molecule has 0 N–H and O–H groups in total. The Morgan fingerprint density at radius 3 is 2.25 bits per heavy atom. The first-order chi connectivity index (χ1) is 17.0. The molecule has 2 atom stereocenters. The Bertz CT molecular complexity index is 962. The van der Waals surface area contributed by atoms with E-state index in [4.69, 9.17) is 0 Å². The molecule has 0 bridgehead atoms. The molecule has 1 spiro atoms. The van der Waals surface area contributed by atoms with Crippen molar-refractivity contribution in [2.24, 2.45) is 11.3 Å². The molecule has 3 heterocycles. The monoisotopic (exact) mass is 496 g/mol. The molecule has 3 aliphatic rings. The van der Waals surface area contributed by atoms with Gasteiger partial charge in [-0.1, -0.05) is 51.1 Å². The summed E-state index contributed by atoms with van der Waals surface area (Å²) in [6.45, 7) is 16.7. The quantitative estimate of drug-likeness (QED) is 0.554. The molecule has 1 aromatic carbocycles. The van der Waals surface area contributed by atoms with Crippen LogP contribution in [0, 0.1) is 11.3 Å². The van der Waals surface area contributed by atoms with Crippen LogP contribution in [0.4, 0.5) is 4.79 Å². The number of imide groups is 1. The Morgan fingerprint density at radius 2 is 1.69 bits per heavy atom. The van der Waals surface area contributed by atoms with Crippen molar-refractivity contribution < 1.29 is 14.4 Å². The number of piperidine rings is 1. The molecular weight excluding hydrogens is 452 g/mol. The van der Waals surface area contributed by atoms with Gasteiger partial charge in [-0.15, -0.1) is 0 Å². The molecule has 0 aromatic heterocycles. The fraction of sp³-hybridized carbons (Fsp3) is 0.690. The van der Waals surface area contributed by atoms with Crippen LogP contribution in [0.2, 0.25) is 0 Å². The van der Waals surface area contributed by atoms with Gasteiger partial charge in [-0.05, 0) is 50.5 Å². The van der Waals surface area contributed by atoms with E-state index in [1.165, 1.54) is 10.5 Å². The topological polar surface area (TPSA) is 64.2 Å². The average Bonchev–Trinajstić information content (AvgIpc) is 3.32. The maximum Gasteiger partial charge on any atom is 0.327 e. The van der Waals surface area contributed by atoms with Crippen molar-refractivity contribution in [3.05, 3.63) is 35.9 Å². The van der Waals surface area contributed by atoms with E-state index in [9.17, 15) is 14.4 Å². The molecule has 0 saturated carbocycles. The Balaban J connectivity index is 1.47. The first kappa shape index (κ1) is 26.6. The van der Waals surface area contributed by atoms with Crippen molar-refractivity contribution >= 4 is 17.8 Å². The largest absolute Gasteiger partial charge is 0.342 e. The number of amides is 4. The lowest BCUT2D eigenvalue weighted by atomic mass is 9.83. The highest BCUT2D eigenvalue weighted by Crippen LogP contribution is 2.40. The molecule has 3 aliphatic heterocycles. The van der Waals surface area contributed by atoms with E-state index in [1.54, 1.807) is 0 Å². The predicted octanol–water partition coefficient (Wildman–Crippen LogP) is 4.19. The molecule has 2 unspecified atom stereocenters. The van der Waals surface area contributed by atoms with Crippen LogP contribution < -0.4 is 0 Å². The summed E-state index contributed by atoms with van der Waals surface area (Å²) < 4.78 is 0. The Hall–Kier alpha value is -2.41. The summed E-state index contributed by atoms with van der Waals surface area (Å²) in [5.41, 5.74) is 0.558. The summed E-state index contributed by atoms with van der Waals surface area (Å²) in [7, 11) is 0. The average molecular weight is 497 g/mol. The van der Waals surface area contributed by atoms with Crippen molar-refractivity contribution in [1.29, 1.82) is 0 Å². The van der Waals surface area contributed by atoms with Gasteiger partial charge < -0.3 is 14.7 Å². The summed E-state index contributed by atoms with van der Waals surface area (Å²) in [6.07, 6.45) is 1.89. The second-order valence-electron chi connectivity index (χ2n) is 12.4. The van der Waals surface area contributed by atoms with Gasteiger partial charge in [0.1, 0.15) is 5.54 Å². The molecule has 7 heteroatoms. The van der Waals surface area contributed by atoms with Crippen LogP contribution in [0.5, 0.6) is 0 Å². The third kappa shape index (κ3) is 5.04. The molecular formula is C29H44N4O3. The minimum Gasteiger partial charge on any atom is -0.342 e. The minimum absolute atomic E-state index is 0.00997. The van der Waals surface area contributed by atoms with E-state index in [-0.39, 0.29) is 29.3 Å². The number of hydrogen-bond acceptors (Lipinski definition) is 4. The van der Waals surface area contributed by atoms with Gasteiger partial charge in [0.05, 0.1) is 0 Å². The minimum atomic E-state index is -0.707. The highest BCUT2D eigenvalue weighted by Gasteiger charge is 2.58. The predicted molar refractivity (Wildman–Crippen MR) is 141 cm³/mol. The van der Waals surface area contributed by atoms with E-state index >= 15 is 0 Å². The summed E-state index contributed by atoms with van der Waals surface area (Å²) >= 11 is 0. The summed E-state index contributed by atoms with van der Waals surface area (Å²) in [5, 5.41) is 0. The molecule has 4 rings (SSSR count). The third-order valence-corrected chi connectivity index (χ3v) is 8.25. The molecule has 3 fully saturated rings. The van der Waals surface area contributed by atoms with E-state index in [0.717, 1.165) is 32.7 Å². The van der Waals surface area contributed by atoms with Gasteiger partial charge in [0.25, 0.3) is 5.91 Å². The second kappa shape index (κ2) is 10.2. The lowest BCUT2D eigenvalue weighted by Crippen LogP contribution is -2.58. The number of carbonyl (C=O) groups is 3. The van der Waals surface area contributed by atoms with Crippen LogP contribution >= 0.6 is 0 Å². The zero-order valence-electron chi connectivity index (χ0n) is 23.0.